The summed E-state index contributed by atoms with van der Waals surface area (Å²) in [5, 5.41) is 0. The third kappa shape index (κ3) is 66.5. The lowest BCUT2D eigenvalue weighted by Crippen LogP contribution is -2.30. The fraction of sp³-hybridized carbons (Fsp3) is 0.693. The van der Waals surface area contributed by atoms with Gasteiger partial charge < -0.3 is 14.2 Å². The van der Waals surface area contributed by atoms with Crippen molar-refractivity contribution in [2.24, 2.45) is 0 Å². The maximum atomic E-state index is 12.9. The van der Waals surface area contributed by atoms with E-state index in [1.165, 1.54) is 135 Å². The zero-order valence-electron chi connectivity index (χ0n) is 53.0. The molecule has 0 aliphatic carbocycles. The molecule has 0 heterocycles. The van der Waals surface area contributed by atoms with Crippen molar-refractivity contribution in [3.8, 4) is 0 Å². The average Bonchev–Trinajstić information content (AvgIpc) is 3.47. The van der Waals surface area contributed by atoms with E-state index in [1.807, 2.05) is 0 Å². The Labute approximate surface area is 501 Å². The van der Waals surface area contributed by atoms with Crippen molar-refractivity contribution in [1.29, 1.82) is 0 Å². The first kappa shape index (κ1) is 76.8. The molecule has 0 saturated carbocycles. The fourth-order valence-corrected chi connectivity index (χ4v) is 9.44. The molecule has 0 rings (SSSR count). The van der Waals surface area contributed by atoms with Crippen LogP contribution in [0.15, 0.2) is 122 Å². The van der Waals surface area contributed by atoms with E-state index in [-0.39, 0.29) is 31.1 Å². The number of unbranched alkanes of at least 4 members (excludes halogenated alkanes) is 30. The molecule has 0 N–H and O–H groups in total. The third-order valence-electron chi connectivity index (χ3n) is 14.5. The van der Waals surface area contributed by atoms with Gasteiger partial charge in [0, 0.05) is 19.3 Å². The molecule has 1 unspecified atom stereocenters. The molecule has 0 fully saturated rings. The molecule has 1 atom stereocenters. The highest BCUT2D eigenvalue weighted by molar-refractivity contribution is 5.71. The first-order valence-electron chi connectivity index (χ1n) is 34.0. The van der Waals surface area contributed by atoms with Gasteiger partial charge in [0.15, 0.2) is 6.10 Å². The number of allylic oxidation sites excluding steroid dienone is 20. The third-order valence-corrected chi connectivity index (χ3v) is 14.5. The maximum Gasteiger partial charge on any atom is 0.306 e. The molecular weight excluding hydrogens is 997 g/mol. The van der Waals surface area contributed by atoms with Gasteiger partial charge in [0.05, 0.1) is 0 Å². The lowest BCUT2D eigenvalue weighted by molar-refractivity contribution is -0.167. The molecule has 0 saturated heterocycles. The van der Waals surface area contributed by atoms with Crippen LogP contribution >= 0.6 is 0 Å². The lowest BCUT2D eigenvalue weighted by Gasteiger charge is -2.18. The minimum absolute atomic E-state index is 0.0839. The summed E-state index contributed by atoms with van der Waals surface area (Å²) in [6.07, 6.45) is 95.2. The Morgan fingerprint density at radius 2 is 0.481 bits per heavy atom. The topological polar surface area (TPSA) is 78.9 Å². The fourth-order valence-electron chi connectivity index (χ4n) is 9.44. The molecule has 6 nitrogen and oxygen atoms in total. The summed E-state index contributed by atoms with van der Waals surface area (Å²) in [4.78, 5) is 38.2. The molecular formula is C75H126O6. The summed E-state index contributed by atoms with van der Waals surface area (Å²) in [7, 11) is 0. The van der Waals surface area contributed by atoms with Gasteiger partial charge in [-0.3, -0.25) is 14.4 Å². The second kappa shape index (κ2) is 68.3. The number of carbonyl (C=O) groups excluding carboxylic acids is 3. The summed E-state index contributed by atoms with van der Waals surface area (Å²) < 4.78 is 16.9. The van der Waals surface area contributed by atoms with Gasteiger partial charge in [-0.15, -0.1) is 0 Å². The van der Waals surface area contributed by atoms with Gasteiger partial charge in [-0.05, 0) is 109 Å². The maximum absolute atomic E-state index is 12.9. The molecule has 462 valence electrons. The van der Waals surface area contributed by atoms with Gasteiger partial charge in [-0.1, -0.05) is 309 Å². The monoisotopic (exact) mass is 1120 g/mol. The van der Waals surface area contributed by atoms with Crippen LogP contribution < -0.4 is 0 Å². The van der Waals surface area contributed by atoms with Crippen LogP contribution in [0, 0.1) is 0 Å². The van der Waals surface area contributed by atoms with E-state index in [4.69, 9.17) is 14.2 Å². The Morgan fingerprint density at radius 1 is 0.259 bits per heavy atom. The van der Waals surface area contributed by atoms with Gasteiger partial charge in [0.1, 0.15) is 13.2 Å². The highest BCUT2D eigenvalue weighted by Crippen LogP contribution is 2.17. The van der Waals surface area contributed by atoms with Crippen LogP contribution in [-0.2, 0) is 28.6 Å². The largest absolute Gasteiger partial charge is 0.462 e. The molecule has 0 aromatic rings. The Bertz CT molecular complexity index is 1670. The number of rotatable bonds is 61. The Kier molecular flexibility index (Phi) is 64.8. The summed E-state index contributed by atoms with van der Waals surface area (Å²) >= 11 is 0. The first-order valence-corrected chi connectivity index (χ1v) is 34.0. The van der Waals surface area contributed by atoms with Crippen LogP contribution in [0.1, 0.15) is 316 Å². The zero-order valence-corrected chi connectivity index (χ0v) is 53.0. The molecule has 0 aromatic carbocycles. The van der Waals surface area contributed by atoms with Crippen LogP contribution in [-0.4, -0.2) is 37.2 Å². The Morgan fingerprint density at radius 3 is 0.753 bits per heavy atom. The van der Waals surface area contributed by atoms with Crippen molar-refractivity contribution < 1.29 is 28.6 Å². The van der Waals surface area contributed by atoms with Gasteiger partial charge in [0.25, 0.3) is 0 Å². The molecule has 0 aliphatic heterocycles. The molecule has 6 heteroatoms. The number of esters is 3. The smallest absolute Gasteiger partial charge is 0.306 e. The van der Waals surface area contributed by atoms with Crippen LogP contribution in [0.4, 0.5) is 0 Å². The highest BCUT2D eigenvalue weighted by Gasteiger charge is 2.19. The predicted molar refractivity (Wildman–Crippen MR) is 353 cm³/mol. The minimum Gasteiger partial charge on any atom is -0.462 e. The molecule has 0 spiro atoms. The summed E-state index contributed by atoms with van der Waals surface area (Å²) in [5.41, 5.74) is 0. The second-order valence-corrected chi connectivity index (χ2v) is 22.3. The first-order chi connectivity index (χ1) is 40.0. The zero-order chi connectivity index (χ0) is 58.5. The lowest BCUT2D eigenvalue weighted by atomic mass is 10.0. The van der Waals surface area contributed by atoms with E-state index < -0.39 is 6.10 Å². The van der Waals surface area contributed by atoms with Crippen LogP contribution in [0.5, 0.6) is 0 Å². The van der Waals surface area contributed by atoms with Crippen LogP contribution in [0.2, 0.25) is 0 Å². The van der Waals surface area contributed by atoms with E-state index >= 15 is 0 Å². The van der Waals surface area contributed by atoms with E-state index in [0.29, 0.717) is 19.3 Å². The highest BCUT2D eigenvalue weighted by atomic mass is 16.6. The van der Waals surface area contributed by atoms with E-state index in [2.05, 4.69) is 142 Å². The van der Waals surface area contributed by atoms with Gasteiger partial charge in [0.2, 0.25) is 0 Å². The minimum atomic E-state index is -0.788. The molecule has 0 aromatic heterocycles. The second-order valence-electron chi connectivity index (χ2n) is 22.3. The quantitative estimate of drug-likeness (QED) is 0.0261. The number of hydrogen-bond donors (Lipinski definition) is 0. The SMILES string of the molecule is CC/C=C\C/C=C\C/C=C\C/C=C\C/C=C\CCCCCCCCCCCCCCCCCCCC(=O)OCC(COC(=O)CCCCCCCCCCC)OC(=O)CCCCCCC/C=C\C/C=C\C/C=C\C/C=C\C/C=C\CC. The van der Waals surface area contributed by atoms with Gasteiger partial charge in [-0.2, -0.15) is 0 Å². The Hall–Kier alpha value is -4.19. The van der Waals surface area contributed by atoms with Crippen molar-refractivity contribution in [3.63, 3.8) is 0 Å². The molecule has 0 radical (unpaired) electrons. The summed E-state index contributed by atoms with van der Waals surface area (Å²) in [5.74, 6) is -0.896. The summed E-state index contributed by atoms with van der Waals surface area (Å²) in [6, 6.07) is 0. The number of hydrogen-bond acceptors (Lipinski definition) is 6. The molecule has 0 aliphatic rings. The standard InChI is InChI=1S/C75H126O6/c1-4-7-10-13-16-19-21-23-25-27-29-31-32-33-34-35-36-37-38-39-40-41-42-44-45-47-49-51-53-56-59-62-65-68-74(77)80-71-72(70-79-73(76)67-64-61-58-55-18-15-12-9-6-3)81-75(78)69-66-63-60-57-54-52-50-48-46-43-30-28-26-24-22-20-17-14-11-8-5-2/h7-8,10-11,16-17,19-20,23-26,29-31,33-34,43,48,50,72H,4-6,9,12-15,18,21-22,27-28,32,35-42,44-47,49,51-71H2,1-3H3/b10-7-,11-8-,19-16-,20-17-,25-23-,26-24-,31-29-,34-33-,43-30-,50-48-. The van der Waals surface area contributed by atoms with Crippen molar-refractivity contribution in [3.05, 3.63) is 122 Å². The van der Waals surface area contributed by atoms with Gasteiger partial charge >= 0.3 is 17.9 Å². The molecule has 81 heavy (non-hydrogen) atoms. The summed E-state index contributed by atoms with van der Waals surface area (Å²) in [6.45, 7) is 6.40. The molecule has 0 amide bonds. The van der Waals surface area contributed by atoms with Crippen LogP contribution in [0.3, 0.4) is 0 Å². The molecule has 0 bridgehead atoms. The average molecular weight is 1120 g/mol. The van der Waals surface area contributed by atoms with Gasteiger partial charge in [-0.25, -0.2) is 0 Å². The number of ether oxygens (including phenoxy) is 3. The Balaban J connectivity index is 4.15. The van der Waals surface area contributed by atoms with Crippen molar-refractivity contribution in [1.82, 2.24) is 0 Å². The van der Waals surface area contributed by atoms with Crippen molar-refractivity contribution in [2.45, 2.75) is 322 Å². The normalized spacial score (nSPS) is 12.9. The van der Waals surface area contributed by atoms with Crippen molar-refractivity contribution >= 4 is 17.9 Å². The van der Waals surface area contributed by atoms with E-state index in [1.54, 1.807) is 0 Å². The predicted octanol–water partition coefficient (Wildman–Crippen LogP) is 23.6. The van der Waals surface area contributed by atoms with E-state index in [9.17, 15) is 14.4 Å². The van der Waals surface area contributed by atoms with E-state index in [0.717, 1.165) is 141 Å². The van der Waals surface area contributed by atoms with Crippen molar-refractivity contribution in [2.75, 3.05) is 13.2 Å². The van der Waals surface area contributed by atoms with Crippen LogP contribution in [0.25, 0.3) is 0 Å². The number of carbonyl (C=O) groups is 3.